The Morgan fingerprint density at radius 1 is 1.44 bits per heavy atom. The Hall–Kier alpha value is -0.890. The molecule has 1 heterocycles. The van der Waals surface area contributed by atoms with Gasteiger partial charge in [0.15, 0.2) is 0 Å². The largest absolute Gasteiger partial charge is 0.317 e. The summed E-state index contributed by atoms with van der Waals surface area (Å²) in [5.41, 5.74) is 2.88. The normalized spacial score (nSPS) is 24.9. The summed E-state index contributed by atoms with van der Waals surface area (Å²) in [4.78, 5) is 4.28. The van der Waals surface area contributed by atoms with Crippen molar-refractivity contribution in [1.29, 1.82) is 0 Å². The van der Waals surface area contributed by atoms with Gasteiger partial charge in [-0.15, -0.1) is 0 Å². The van der Waals surface area contributed by atoms with Crippen molar-refractivity contribution in [3.63, 3.8) is 0 Å². The quantitative estimate of drug-likeness (QED) is 0.840. The minimum Gasteiger partial charge on any atom is -0.317 e. The van der Waals surface area contributed by atoms with Crippen molar-refractivity contribution in [1.82, 2.24) is 10.3 Å². The van der Waals surface area contributed by atoms with Crippen LogP contribution in [0.4, 0.5) is 0 Å². The average molecular weight is 218 g/mol. The molecule has 0 saturated heterocycles. The van der Waals surface area contributed by atoms with Gasteiger partial charge in [-0.05, 0) is 61.9 Å². The molecule has 1 fully saturated rings. The van der Waals surface area contributed by atoms with E-state index in [0.29, 0.717) is 0 Å². The van der Waals surface area contributed by atoms with Crippen molar-refractivity contribution in [3.8, 4) is 0 Å². The molecule has 1 aliphatic rings. The molecule has 1 aliphatic carbocycles. The van der Waals surface area contributed by atoms with Crippen LogP contribution in [0.25, 0.3) is 0 Å². The molecule has 2 rings (SSSR count). The van der Waals surface area contributed by atoms with Crippen LogP contribution in [-0.4, -0.2) is 18.1 Å². The maximum atomic E-state index is 4.28. The maximum absolute atomic E-state index is 4.28. The molecule has 0 spiro atoms. The number of hydrogen-bond acceptors (Lipinski definition) is 2. The Morgan fingerprint density at radius 2 is 2.31 bits per heavy atom. The second-order valence-electron chi connectivity index (χ2n) is 4.84. The van der Waals surface area contributed by atoms with Crippen LogP contribution in [0.3, 0.4) is 0 Å². The second-order valence-corrected chi connectivity index (χ2v) is 4.84. The van der Waals surface area contributed by atoms with E-state index in [1.165, 1.54) is 30.4 Å². The molecule has 1 saturated carbocycles. The van der Waals surface area contributed by atoms with E-state index in [1.807, 2.05) is 6.20 Å². The Bertz CT molecular complexity index is 335. The highest BCUT2D eigenvalue weighted by atomic mass is 14.8. The van der Waals surface area contributed by atoms with Crippen molar-refractivity contribution < 1.29 is 0 Å². The second kappa shape index (κ2) is 5.44. The number of aromatic nitrogens is 1. The van der Waals surface area contributed by atoms with Gasteiger partial charge in [0.2, 0.25) is 0 Å². The number of hydrogen-bond donors (Lipinski definition) is 1. The fraction of sp³-hybridized carbons (Fsp3) is 0.643. The SMILES string of the molecule is CCNCC1CCCC1c1cnccc1C. The van der Waals surface area contributed by atoms with Gasteiger partial charge in [-0.2, -0.15) is 0 Å². The van der Waals surface area contributed by atoms with E-state index < -0.39 is 0 Å². The first-order chi connectivity index (χ1) is 7.83. The summed E-state index contributed by atoms with van der Waals surface area (Å²) in [6.45, 7) is 6.63. The molecular weight excluding hydrogens is 196 g/mol. The van der Waals surface area contributed by atoms with E-state index in [2.05, 4.69) is 36.4 Å². The zero-order chi connectivity index (χ0) is 11.4. The van der Waals surface area contributed by atoms with E-state index in [0.717, 1.165) is 24.9 Å². The van der Waals surface area contributed by atoms with Crippen LogP contribution in [-0.2, 0) is 0 Å². The van der Waals surface area contributed by atoms with Gasteiger partial charge in [-0.3, -0.25) is 4.98 Å². The van der Waals surface area contributed by atoms with Crippen molar-refractivity contribution >= 4 is 0 Å². The molecule has 1 N–H and O–H groups in total. The van der Waals surface area contributed by atoms with Crippen LogP contribution >= 0.6 is 0 Å². The van der Waals surface area contributed by atoms with E-state index in [4.69, 9.17) is 0 Å². The van der Waals surface area contributed by atoms with Gasteiger partial charge in [-0.25, -0.2) is 0 Å². The minimum absolute atomic E-state index is 0.729. The third-order valence-corrected chi connectivity index (χ3v) is 3.79. The van der Waals surface area contributed by atoms with Crippen LogP contribution in [0.1, 0.15) is 43.2 Å². The lowest BCUT2D eigenvalue weighted by molar-refractivity contribution is 0.448. The highest BCUT2D eigenvalue weighted by molar-refractivity contribution is 5.27. The molecule has 0 radical (unpaired) electrons. The van der Waals surface area contributed by atoms with Crippen molar-refractivity contribution in [2.75, 3.05) is 13.1 Å². The van der Waals surface area contributed by atoms with Crippen molar-refractivity contribution in [2.45, 2.75) is 39.0 Å². The summed E-state index contributed by atoms with van der Waals surface area (Å²) in [6.07, 6.45) is 8.04. The summed E-state index contributed by atoms with van der Waals surface area (Å²) in [6, 6.07) is 2.14. The Kier molecular flexibility index (Phi) is 3.94. The molecule has 88 valence electrons. The van der Waals surface area contributed by atoms with Crippen LogP contribution in [0, 0.1) is 12.8 Å². The molecular formula is C14H22N2. The summed E-state index contributed by atoms with van der Waals surface area (Å²) in [5, 5.41) is 3.49. The number of aryl methyl sites for hydroxylation is 1. The Labute approximate surface area is 98.5 Å². The van der Waals surface area contributed by atoms with Crippen LogP contribution in [0.15, 0.2) is 18.5 Å². The first-order valence-corrected chi connectivity index (χ1v) is 6.44. The summed E-state index contributed by atoms with van der Waals surface area (Å²) in [7, 11) is 0. The monoisotopic (exact) mass is 218 g/mol. The van der Waals surface area contributed by atoms with Gasteiger partial charge in [0.25, 0.3) is 0 Å². The third kappa shape index (κ3) is 2.43. The van der Waals surface area contributed by atoms with Crippen LogP contribution in [0.5, 0.6) is 0 Å². The lowest BCUT2D eigenvalue weighted by atomic mass is 9.87. The standard InChI is InChI=1S/C14H22N2/c1-3-15-9-12-5-4-6-13(12)14-10-16-8-7-11(14)2/h7-8,10,12-13,15H,3-6,9H2,1-2H3. The molecule has 0 bridgehead atoms. The summed E-state index contributed by atoms with van der Waals surface area (Å²) in [5.74, 6) is 1.54. The van der Waals surface area contributed by atoms with Crippen molar-refractivity contribution in [2.24, 2.45) is 5.92 Å². The zero-order valence-electron chi connectivity index (χ0n) is 10.4. The first kappa shape index (κ1) is 11.6. The Morgan fingerprint density at radius 3 is 3.06 bits per heavy atom. The van der Waals surface area contributed by atoms with E-state index in [9.17, 15) is 0 Å². The Balaban J connectivity index is 2.10. The molecule has 0 aromatic carbocycles. The lowest BCUT2D eigenvalue weighted by Gasteiger charge is -2.21. The molecule has 1 aromatic heterocycles. The molecule has 16 heavy (non-hydrogen) atoms. The van der Waals surface area contributed by atoms with Gasteiger partial charge in [0, 0.05) is 12.4 Å². The molecule has 1 aromatic rings. The van der Waals surface area contributed by atoms with E-state index in [-0.39, 0.29) is 0 Å². The first-order valence-electron chi connectivity index (χ1n) is 6.44. The van der Waals surface area contributed by atoms with Gasteiger partial charge in [0.1, 0.15) is 0 Å². The highest BCUT2D eigenvalue weighted by Crippen LogP contribution is 2.40. The zero-order valence-corrected chi connectivity index (χ0v) is 10.4. The summed E-state index contributed by atoms with van der Waals surface area (Å²) < 4.78 is 0. The molecule has 2 heteroatoms. The van der Waals surface area contributed by atoms with Gasteiger partial charge in [-0.1, -0.05) is 13.3 Å². The molecule has 2 unspecified atom stereocenters. The fourth-order valence-electron chi connectivity index (χ4n) is 2.88. The summed E-state index contributed by atoms with van der Waals surface area (Å²) >= 11 is 0. The minimum atomic E-state index is 0.729. The topological polar surface area (TPSA) is 24.9 Å². The lowest BCUT2D eigenvalue weighted by Crippen LogP contribution is -2.24. The van der Waals surface area contributed by atoms with Crippen molar-refractivity contribution in [3.05, 3.63) is 29.6 Å². The molecule has 2 atom stereocenters. The number of pyridine rings is 1. The highest BCUT2D eigenvalue weighted by Gasteiger charge is 2.28. The molecule has 2 nitrogen and oxygen atoms in total. The average Bonchev–Trinajstić information content (AvgIpc) is 2.75. The van der Waals surface area contributed by atoms with Gasteiger partial charge < -0.3 is 5.32 Å². The molecule has 0 aliphatic heterocycles. The van der Waals surface area contributed by atoms with Gasteiger partial charge in [0.05, 0.1) is 0 Å². The van der Waals surface area contributed by atoms with E-state index >= 15 is 0 Å². The van der Waals surface area contributed by atoms with Crippen LogP contribution < -0.4 is 5.32 Å². The number of rotatable bonds is 4. The van der Waals surface area contributed by atoms with Crippen LogP contribution in [0.2, 0.25) is 0 Å². The van der Waals surface area contributed by atoms with E-state index in [1.54, 1.807) is 0 Å². The number of nitrogens with zero attached hydrogens (tertiary/aromatic N) is 1. The molecule has 0 amide bonds. The smallest absolute Gasteiger partial charge is 0.0305 e. The third-order valence-electron chi connectivity index (χ3n) is 3.79. The predicted molar refractivity (Wildman–Crippen MR) is 67.6 cm³/mol. The van der Waals surface area contributed by atoms with Gasteiger partial charge >= 0.3 is 0 Å². The fourth-order valence-corrected chi connectivity index (χ4v) is 2.88. The predicted octanol–water partition coefficient (Wildman–Crippen LogP) is 2.88. The maximum Gasteiger partial charge on any atom is 0.0305 e. The number of nitrogens with one attached hydrogen (secondary N) is 1.